The standard InChI is InChI=1S/C19H21BrN2O4S/c1-5-22(6-2)18(24)15-11(3)14(19(25)26-4)17(27-15)21-16(23)12-8-7-9-13(20)10-12/h7-10H,5-6H2,1-4H3,(H,21,23). The molecule has 1 heterocycles. The normalized spacial score (nSPS) is 10.4. The monoisotopic (exact) mass is 452 g/mol. The number of nitrogens with zero attached hydrogens (tertiary/aromatic N) is 1. The average molecular weight is 453 g/mol. The lowest BCUT2D eigenvalue weighted by atomic mass is 10.1. The molecule has 0 atom stereocenters. The van der Waals surface area contributed by atoms with E-state index in [9.17, 15) is 14.4 Å². The van der Waals surface area contributed by atoms with Crippen LogP contribution in [-0.2, 0) is 4.74 Å². The maximum atomic E-state index is 12.8. The Kier molecular flexibility index (Phi) is 7.15. The van der Waals surface area contributed by atoms with Crippen molar-refractivity contribution in [2.24, 2.45) is 0 Å². The summed E-state index contributed by atoms with van der Waals surface area (Å²) in [5, 5.41) is 3.05. The number of rotatable bonds is 6. The van der Waals surface area contributed by atoms with Gasteiger partial charge >= 0.3 is 5.97 Å². The molecule has 0 saturated heterocycles. The first-order valence-electron chi connectivity index (χ1n) is 8.41. The molecule has 0 spiro atoms. The highest BCUT2D eigenvalue weighted by Gasteiger charge is 2.28. The summed E-state index contributed by atoms with van der Waals surface area (Å²) in [6.07, 6.45) is 0. The molecular formula is C19H21BrN2O4S. The Bertz CT molecular complexity index is 875. The number of esters is 1. The van der Waals surface area contributed by atoms with Gasteiger partial charge in [-0.25, -0.2) is 4.79 Å². The molecule has 27 heavy (non-hydrogen) atoms. The summed E-state index contributed by atoms with van der Waals surface area (Å²) >= 11 is 4.42. The van der Waals surface area contributed by atoms with E-state index in [1.165, 1.54) is 7.11 Å². The van der Waals surface area contributed by atoms with Crippen LogP contribution >= 0.6 is 27.3 Å². The van der Waals surface area contributed by atoms with E-state index in [1.54, 1.807) is 30.0 Å². The Morgan fingerprint density at radius 2 is 1.89 bits per heavy atom. The summed E-state index contributed by atoms with van der Waals surface area (Å²) in [6.45, 7) is 6.58. The molecule has 1 aromatic carbocycles. The molecule has 0 radical (unpaired) electrons. The van der Waals surface area contributed by atoms with Crippen molar-refractivity contribution >= 4 is 50.1 Å². The molecule has 8 heteroatoms. The van der Waals surface area contributed by atoms with Crippen molar-refractivity contribution in [3.63, 3.8) is 0 Å². The molecule has 0 aliphatic carbocycles. The maximum absolute atomic E-state index is 12.8. The zero-order valence-electron chi connectivity index (χ0n) is 15.6. The number of ether oxygens (including phenoxy) is 1. The second-order valence-corrected chi connectivity index (χ2v) is 7.63. The van der Waals surface area contributed by atoms with E-state index in [0.717, 1.165) is 15.8 Å². The Hall–Kier alpha value is -2.19. The molecule has 144 valence electrons. The van der Waals surface area contributed by atoms with Crippen LogP contribution in [0, 0.1) is 6.92 Å². The number of hydrogen-bond acceptors (Lipinski definition) is 5. The highest BCUT2D eigenvalue weighted by Crippen LogP contribution is 2.35. The van der Waals surface area contributed by atoms with Crippen molar-refractivity contribution in [3.8, 4) is 0 Å². The molecule has 0 aliphatic heterocycles. The summed E-state index contributed by atoms with van der Waals surface area (Å²) in [6, 6.07) is 6.90. The molecular weight excluding hydrogens is 432 g/mol. The fraction of sp³-hybridized carbons (Fsp3) is 0.316. The van der Waals surface area contributed by atoms with E-state index in [0.29, 0.717) is 34.1 Å². The van der Waals surface area contributed by atoms with Gasteiger partial charge in [-0.3, -0.25) is 9.59 Å². The second-order valence-electron chi connectivity index (χ2n) is 5.69. The molecule has 2 rings (SSSR count). The smallest absolute Gasteiger partial charge is 0.341 e. The SMILES string of the molecule is CCN(CC)C(=O)c1sc(NC(=O)c2cccc(Br)c2)c(C(=O)OC)c1C. The summed E-state index contributed by atoms with van der Waals surface area (Å²) in [5.74, 6) is -1.13. The number of benzene rings is 1. The molecule has 0 fully saturated rings. The zero-order valence-corrected chi connectivity index (χ0v) is 18.0. The van der Waals surface area contributed by atoms with Gasteiger partial charge in [-0.15, -0.1) is 11.3 Å². The average Bonchev–Trinajstić information content (AvgIpc) is 2.97. The van der Waals surface area contributed by atoms with Crippen LogP contribution in [0.2, 0.25) is 0 Å². The number of nitrogens with one attached hydrogen (secondary N) is 1. The van der Waals surface area contributed by atoms with Crippen LogP contribution in [0.5, 0.6) is 0 Å². The Morgan fingerprint density at radius 3 is 2.44 bits per heavy atom. The predicted octanol–water partition coefficient (Wildman–Crippen LogP) is 4.34. The van der Waals surface area contributed by atoms with Gasteiger partial charge in [0.2, 0.25) is 0 Å². The van der Waals surface area contributed by atoms with Gasteiger partial charge in [0, 0.05) is 23.1 Å². The second kappa shape index (κ2) is 9.14. The molecule has 6 nitrogen and oxygen atoms in total. The van der Waals surface area contributed by atoms with Crippen molar-refractivity contribution in [1.82, 2.24) is 4.90 Å². The molecule has 0 aliphatic rings. The highest BCUT2D eigenvalue weighted by atomic mass is 79.9. The number of thiophene rings is 1. The van der Waals surface area contributed by atoms with E-state index < -0.39 is 5.97 Å². The number of carbonyl (C=O) groups is 3. The number of carbonyl (C=O) groups excluding carboxylic acids is 3. The third-order valence-electron chi connectivity index (χ3n) is 4.10. The molecule has 2 aromatic rings. The number of hydrogen-bond donors (Lipinski definition) is 1. The third kappa shape index (κ3) is 4.56. The van der Waals surface area contributed by atoms with Crippen molar-refractivity contribution in [2.75, 3.05) is 25.5 Å². The van der Waals surface area contributed by atoms with E-state index >= 15 is 0 Å². The van der Waals surface area contributed by atoms with Gasteiger partial charge in [-0.05, 0) is 44.5 Å². The van der Waals surface area contributed by atoms with Crippen molar-refractivity contribution < 1.29 is 19.1 Å². The van der Waals surface area contributed by atoms with Gasteiger partial charge in [-0.2, -0.15) is 0 Å². The number of methoxy groups -OCH3 is 1. The van der Waals surface area contributed by atoms with Gasteiger partial charge in [0.1, 0.15) is 5.00 Å². The topological polar surface area (TPSA) is 75.7 Å². The minimum absolute atomic E-state index is 0.171. The molecule has 0 unspecified atom stereocenters. The summed E-state index contributed by atoms with van der Waals surface area (Å²) < 4.78 is 5.62. The molecule has 0 bridgehead atoms. The third-order valence-corrected chi connectivity index (χ3v) is 5.78. The first-order valence-corrected chi connectivity index (χ1v) is 10.0. The van der Waals surface area contributed by atoms with Gasteiger partial charge < -0.3 is 15.0 Å². The maximum Gasteiger partial charge on any atom is 0.341 e. The quantitative estimate of drug-likeness (QED) is 0.661. The van der Waals surface area contributed by atoms with Crippen molar-refractivity contribution in [3.05, 3.63) is 50.3 Å². The summed E-state index contributed by atoms with van der Waals surface area (Å²) in [7, 11) is 1.27. The van der Waals surface area contributed by atoms with Crippen LogP contribution in [0.1, 0.15) is 49.8 Å². The van der Waals surface area contributed by atoms with E-state index in [-0.39, 0.29) is 17.4 Å². The Labute approximate surface area is 170 Å². The van der Waals surface area contributed by atoms with Crippen LogP contribution in [0.4, 0.5) is 5.00 Å². The van der Waals surface area contributed by atoms with Crippen LogP contribution < -0.4 is 5.32 Å². The Balaban J connectivity index is 2.45. The van der Waals surface area contributed by atoms with Crippen LogP contribution in [0.25, 0.3) is 0 Å². The zero-order chi connectivity index (χ0) is 20.1. The highest BCUT2D eigenvalue weighted by molar-refractivity contribution is 9.10. The molecule has 0 saturated carbocycles. The fourth-order valence-electron chi connectivity index (χ4n) is 2.61. The summed E-state index contributed by atoms with van der Waals surface area (Å²) in [4.78, 5) is 39.7. The Morgan fingerprint density at radius 1 is 1.22 bits per heavy atom. The fourth-order valence-corrected chi connectivity index (χ4v) is 4.17. The van der Waals surface area contributed by atoms with E-state index in [2.05, 4.69) is 21.2 Å². The first kappa shape index (κ1) is 21.1. The number of halogens is 1. The lowest BCUT2D eigenvalue weighted by Gasteiger charge is -2.17. The van der Waals surface area contributed by atoms with E-state index in [4.69, 9.17) is 4.74 Å². The number of amides is 2. The largest absolute Gasteiger partial charge is 0.465 e. The van der Waals surface area contributed by atoms with Gasteiger partial charge in [0.15, 0.2) is 0 Å². The minimum Gasteiger partial charge on any atom is -0.465 e. The van der Waals surface area contributed by atoms with Gasteiger partial charge in [0.05, 0.1) is 17.6 Å². The molecule has 2 amide bonds. The first-order chi connectivity index (χ1) is 12.8. The van der Waals surface area contributed by atoms with Crippen LogP contribution in [0.3, 0.4) is 0 Å². The minimum atomic E-state index is -0.591. The summed E-state index contributed by atoms with van der Waals surface area (Å²) in [5.41, 5.74) is 1.15. The van der Waals surface area contributed by atoms with Gasteiger partial charge in [-0.1, -0.05) is 22.0 Å². The lowest BCUT2D eigenvalue weighted by molar-refractivity contribution is 0.0601. The van der Waals surface area contributed by atoms with Crippen LogP contribution in [0.15, 0.2) is 28.7 Å². The molecule has 1 N–H and O–H groups in total. The number of anilines is 1. The van der Waals surface area contributed by atoms with Crippen molar-refractivity contribution in [2.45, 2.75) is 20.8 Å². The van der Waals surface area contributed by atoms with Crippen molar-refractivity contribution in [1.29, 1.82) is 0 Å². The van der Waals surface area contributed by atoms with E-state index in [1.807, 2.05) is 19.9 Å². The lowest BCUT2D eigenvalue weighted by Crippen LogP contribution is -2.30. The predicted molar refractivity (Wildman–Crippen MR) is 110 cm³/mol. The van der Waals surface area contributed by atoms with Crippen LogP contribution in [-0.4, -0.2) is 42.9 Å². The van der Waals surface area contributed by atoms with Gasteiger partial charge in [0.25, 0.3) is 11.8 Å². The molecule has 1 aromatic heterocycles.